The summed E-state index contributed by atoms with van der Waals surface area (Å²) in [7, 11) is 1.58. The molecule has 4 rings (SSSR count). The number of halogens is 4. The number of nitrogens with one attached hydrogen (secondary N) is 1. The molecule has 1 saturated carbocycles. The van der Waals surface area contributed by atoms with Crippen LogP contribution in [0.3, 0.4) is 0 Å². The van der Waals surface area contributed by atoms with E-state index in [1.807, 2.05) is 0 Å². The number of hydrogen-bond acceptors (Lipinski definition) is 5. The van der Waals surface area contributed by atoms with E-state index in [-0.39, 0.29) is 36.4 Å². The Bertz CT molecular complexity index is 1140. The van der Waals surface area contributed by atoms with Crippen molar-refractivity contribution in [2.45, 2.75) is 44.5 Å². The van der Waals surface area contributed by atoms with E-state index >= 15 is 0 Å². The average molecular weight is 498 g/mol. The SMILES string of the molecule is COc1ccc(OCc2ccc(C(=O)NCCCn3nc(C(F)(F)F)c(Cl)c3C3CC3)o2)cc1. The molecule has 3 aromatic rings. The molecule has 0 atom stereocenters. The minimum atomic E-state index is -4.60. The van der Waals surface area contributed by atoms with Crippen LogP contribution < -0.4 is 14.8 Å². The van der Waals surface area contributed by atoms with Crippen LogP contribution in [0.2, 0.25) is 5.02 Å². The van der Waals surface area contributed by atoms with Gasteiger partial charge in [0, 0.05) is 19.0 Å². The smallest absolute Gasteiger partial charge is 0.436 e. The van der Waals surface area contributed by atoms with Crippen LogP contribution in [0.5, 0.6) is 11.5 Å². The van der Waals surface area contributed by atoms with Gasteiger partial charge in [-0.3, -0.25) is 9.48 Å². The van der Waals surface area contributed by atoms with E-state index in [9.17, 15) is 18.0 Å². The molecule has 0 bridgehead atoms. The third-order valence-electron chi connectivity index (χ3n) is 5.32. The van der Waals surface area contributed by atoms with Crippen molar-refractivity contribution in [3.63, 3.8) is 0 Å². The molecule has 1 aliphatic rings. The van der Waals surface area contributed by atoms with Crippen molar-refractivity contribution >= 4 is 17.5 Å². The Morgan fingerprint density at radius 3 is 2.56 bits per heavy atom. The molecule has 2 aromatic heterocycles. The van der Waals surface area contributed by atoms with Gasteiger partial charge in [-0.15, -0.1) is 0 Å². The lowest BCUT2D eigenvalue weighted by molar-refractivity contribution is -0.141. The summed E-state index contributed by atoms with van der Waals surface area (Å²) in [6, 6.07) is 10.2. The number of ether oxygens (including phenoxy) is 2. The Balaban J connectivity index is 1.26. The number of nitrogens with zero attached hydrogens (tertiary/aromatic N) is 2. The molecule has 11 heteroatoms. The fourth-order valence-electron chi connectivity index (χ4n) is 3.47. The van der Waals surface area contributed by atoms with Gasteiger partial charge in [0.25, 0.3) is 5.91 Å². The molecule has 0 saturated heterocycles. The van der Waals surface area contributed by atoms with Crippen LogP contribution in [0, 0.1) is 0 Å². The molecule has 1 aromatic carbocycles. The largest absolute Gasteiger partial charge is 0.497 e. The third kappa shape index (κ3) is 5.67. The lowest BCUT2D eigenvalue weighted by Gasteiger charge is -2.08. The topological polar surface area (TPSA) is 78.5 Å². The van der Waals surface area contributed by atoms with Gasteiger partial charge in [-0.1, -0.05) is 11.6 Å². The van der Waals surface area contributed by atoms with Gasteiger partial charge in [0.05, 0.1) is 17.8 Å². The van der Waals surface area contributed by atoms with Gasteiger partial charge in [0.15, 0.2) is 11.5 Å². The molecule has 0 radical (unpaired) electrons. The number of carbonyl (C=O) groups excluding carboxylic acids is 1. The number of alkyl halides is 3. The fourth-order valence-corrected chi connectivity index (χ4v) is 3.87. The number of benzene rings is 1. The molecule has 0 unspecified atom stereocenters. The van der Waals surface area contributed by atoms with Crippen molar-refractivity contribution in [3.8, 4) is 11.5 Å². The molecule has 1 amide bonds. The first-order valence-electron chi connectivity index (χ1n) is 10.7. The van der Waals surface area contributed by atoms with E-state index in [2.05, 4.69) is 10.4 Å². The molecule has 1 aliphatic carbocycles. The van der Waals surface area contributed by atoms with Crippen molar-refractivity contribution in [2.75, 3.05) is 13.7 Å². The monoisotopic (exact) mass is 497 g/mol. The second kappa shape index (κ2) is 10.0. The maximum Gasteiger partial charge on any atom is 0.436 e. The average Bonchev–Trinajstić information content (AvgIpc) is 3.42. The lowest BCUT2D eigenvalue weighted by atomic mass is 10.2. The van der Waals surface area contributed by atoms with Crippen LogP contribution in [0.15, 0.2) is 40.8 Å². The van der Waals surface area contributed by atoms with Gasteiger partial charge in [0.2, 0.25) is 0 Å². The molecule has 182 valence electrons. The molecule has 0 spiro atoms. The van der Waals surface area contributed by atoms with Crippen LogP contribution in [-0.4, -0.2) is 29.3 Å². The summed E-state index contributed by atoms with van der Waals surface area (Å²) in [4.78, 5) is 12.3. The van der Waals surface area contributed by atoms with Gasteiger partial charge in [-0.05, 0) is 55.7 Å². The van der Waals surface area contributed by atoms with E-state index in [1.165, 1.54) is 10.7 Å². The second-order valence-electron chi connectivity index (χ2n) is 7.88. The highest BCUT2D eigenvalue weighted by molar-refractivity contribution is 6.32. The van der Waals surface area contributed by atoms with Crippen LogP contribution >= 0.6 is 11.6 Å². The quantitative estimate of drug-likeness (QED) is 0.378. The fraction of sp³-hybridized carbons (Fsp3) is 0.391. The maximum absolute atomic E-state index is 13.2. The lowest BCUT2D eigenvalue weighted by Crippen LogP contribution is -2.25. The van der Waals surface area contributed by atoms with E-state index < -0.39 is 17.8 Å². The molecular weight excluding hydrogens is 475 g/mol. The first-order chi connectivity index (χ1) is 16.3. The Morgan fingerprint density at radius 2 is 1.91 bits per heavy atom. The Hall–Kier alpha value is -3.14. The maximum atomic E-state index is 13.2. The zero-order valence-corrected chi connectivity index (χ0v) is 19.1. The summed E-state index contributed by atoms with van der Waals surface area (Å²) >= 11 is 5.97. The van der Waals surface area contributed by atoms with Crippen molar-refractivity contribution in [3.05, 3.63) is 64.3 Å². The van der Waals surface area contributed by atoms with Crippen LogP contribution in [0.1, 0.15) is 52.9 Å². The molecule has 2 heterocycles. The molecule has 1 fully saturated rings. The number of furan rings is 1. The Labute approximate surface area is 198 Å². The van der Waals surface area contributed by atoms with Gasteiger partial charge in [0.1, 0.15) is 23.9 Å². The van der Waals surface area contributed by atoms with Gasteiger partial charge < -0.3 is 19.2 Å². The summed E-state index contributed by atoms with van der Waals surface area (Å²) in [5.74, 6) is 1.51. The van der Waals surface area contributed by atoms with Crippen molar-refractivity contribution in [1.29, 1.82) is 0 Å². The number of amides is 1. The van der Waals surface area contributed by atoms with Gasteiger partial charge in [-0.2, -0.15) is 18.3 Å². The van der Waals surface area contributed by atoms with Gasteiger partial charge >= 0.3 is 6.18 Å². The first kappa shape index (κ1) is 24.0. The summed E-state index contributed by atoms with van der Waals surface area (Å²) in [6.45, 7) is 0.590. The molecular formula is C23H23ClF3N3O4. The Kier molecular flexibility index (Phi) is 7.06. The number of rotatable bonds is 10. The predicted octanol–water partition coefficient (Wildman–Crippen LogP) is 5.43. The zero-order valence-electron chi connectivity index (χ0n) is 18.3. The normalized spacial score (nSPS) is 13.7. The molecule has 34 heavy (non-hydrogen) atoms. The van der Waals surface area contributed by atoms with Crippen LogP contribution in [0.25, 0.3) is 0 Å². The first-order valence-corrected chi connectivity index (χ1v) is 11.1. The summed E-state index contributed by atoms with van der Waals surface area (Å²) in [5, 5.41) is 6.06. The summed E-state index contributed by atoms with van der Waals surface area (Å²) < 4.78 is 57.0. The number of hydrogen-bond donors (Lipinski definition) is 1. The minimum Gasteiger partial charge on any atom is -0.497 e. The minimum absolute atomic E-state index is 0.00682. The van der Waals surface area contributed by atoms with Gasteiger partial charge in [-0.25, -0.2) is 0 Å². The zero-order chi connectivity index (χ0) is 24.3. The van der Waals surface area contributed by atoms with Crippen LogP contribution in [-0.2, 0) is 19.3 Å². The van der Waals surface area contributed by atoms with Crippen molar-refractivity contribution < 1.29 is 31.9 Å². The summed E-state index contributed by atoms with van der Waals surface area (Å²) in [5.41, 5.74) is -0.632. The van der Waals surface area contributed by atoms with E-state index in [0.29, 0.717) is 29.4 Å². The molecule has 7 nitrogen and oxygen atoms in total. The molecule has 0 aliphatic heterocycles. The molecule has 1 N–H and O–H groups in total. The number of aryl methyl sites for hydroxylation is 1. The predicted molar refractivity (Wildman–Crippen MR) is 117 cm³/mol. The highest BCUT2D eigenvalue weighted by Gasteiger charge is 2.41. The highest BCUT2D eigenvalue weighted by atomic mass is 35.5. The second-order valence-corrected chi connectivity index (χ2v) is 8.26. The van der Waals surface area contributed by atoms with Crippen molar-refractivity contribution in [2.24, 2.45) is 0 Å². The van der Waals surface area contributed by atoms with E-state index in [4.69, 9.17) is 25.5 Å². The van der Waals surface area contributed by atoms with E-state index in [1.54, 1.807) is 37.4 Å². The van der Waals surface area contributed by atoms with Crippen LogP contribution in [0.4, 0.5) is 13.2 Å². The van der Waals surface area contributed by atoms with E-state index in [0.717, 1.165) is 12.8 Å². The Morgan fingerprint density at radius 1 is 1.21 bits per heavy atom. The summed E-state index contributed by atoms with van der Waals surface area (Å²) in [6.07, 6.45) is -2.63. The third-order valence-corrected chi connectivity index (χ3v) is 5.69. The number of aromatic nitrogens is 2. The standard InChI is InChI=1S/C23H23ClF3N3O4/c1-32-15-5-7-16(8-6-15)33-13-17-9-10-18(34-17)22(31)28-11-2-12-30-20(14-3-4-14)19(24)21(29-30)23(25,26)27/h5-10,14H,2-4,11-13H2,1H3,(H,28,31). The highest BCUT2D eigenvalue weighted by Crippen LogP contribution is 2.46. The van der Waals surface area contributed by atoms with Crippen molar-refractivity contribution in [1.82, 2.24) is 15.1 Å². The number of carbonyl (C=O) groups is 1. The number of methoxy groups -OCH3 is 1.